The van der Waals surface area contributed by atoms with E-state index in [1.165, 1.54) is 44.5 Å². The zero-order chi connectivity index (χ0) is 16.6. The Morgan fingerprint density at radius 1 is 0.560 bits per heavy atom. The number of hydrogen-bond donors (Lipinski definition) is 0. The van der Waals surface area contributed by atoms with Crippen molar-refractivity contribution in [2.75, 3.05) is 0 Å². The van der Waals surface area contributed by atoms with E-state index < -0.39 is 0 Å². The van der Waals surface area contributed by atoms with Gasteiger partial charge in [0.1, 0.15) is 0 Å². The smallest absolute Gasteiger partial charge is 0.000683 e. The minimum Gasteiger partial charge on any atom is -0.0622 e. The van der Waals surface area contributed by atoms with E-state index >= 15 is 0 Å². The molecule has 0 bridgehead atoms. The highest BCUT2D eigenvalue weighted by atomic mass is 14.3. The SMILES string of the molecule is [c]1ccc(-c2ccccc2)c2c1Cc1cccc(-c3ccccc3)c1-2. The Kier molecular flexibility index (Phi) is 3.28. The van der Waals surface area contributed by atoms with Gasteiger partial charge in [-0.2, -0.15) is 0 Å². The average Bonchev–Trinajstić information content (AvgIpc) is 3.08. The number of fused-ring (bicyclic) bond motifs is 3. The summed E-state index contributed by atoms with van der Waals surface area (Å²) < 4.78 is 0. The molecule has 0 aromatic heterocycles. The predicted octanol–water partition coefficient (Wildman–Crippen LogP) is 6.39. The maximum absolute atomic E-state index is 3.48. The molecule has 0 atom stereocenters. The second-order valence-corrected chi connectivity index (χ2v) is 6.49. The molecule has 25 heavy (non-hydrogen) atoms. The molecule has 5 rings (SSSR count). The Bertz CT molecular complexity index is 957. The van der Waals surface area contributed by atoms with E-state index in [1.807, 2.05) is 0 Å². The molecule has 0 saturated heterocycles. The van der Waals surface area contributed by atoms with Crippen LogP contribution in [-0.2, 0) is 6.42 Å². The lowest BCUT2D eigenvalue weighted by Gasteiger charge is -2.14. The van der Waals surface area contributed by atoms with E-state index in [9.17, 15) is 0 Å². The van der Waals surface area contributed by atoms with Crippen molar-refractivity contribution in [3.63, 3.8) is 0 Å². The molecule has 0 spiro atoms. The summed E-state index contributed by atoms with van der Waals surface area (Å²) in [5, 5.41) is 0. The van der Waals surface area contributed by atoms with Crippen LogP contribution in [0.4, 0.5) is 0 Å². The molecule has 0 N–H and O–H groups in total. The molecule has 1 radical (unpaired) electrons. The van der Waals surface area contributed by atoms with Gasteiger partial charge in [-0.1, -0.05) is 91.0 Å². The van der Waals surface area contributed by atoms with E-state index in [2.05, 4.69) is 97.1 Å². The summed E-state index contributed by atoms with van der Waals surface area (Å²) in [6.45, 7) is 0. The van der Waals surface area contributed by atoms with Gasteiger partial charge in [0.15, 0.2) is 0 Å². The van der Waals surface area contributed by atoms with Crippen LogP contribution in [0.15, 0.2) is 91.0 Å². The lowest BCUT2D eigenvalue weighted by atomic mass is 9.89. The van der Waals surface area contributed by atoms with Gasteiger partial charge in [0.2, 0.25) is 0 Å². The minimum atomic E-state index is 0.964. The van der Waals surface area contributed by atoms with Crippen molar-refractivity contribution >= 4 is 0 Å². The normalized spacial score (nSPS) is 11.8. The molecular weight excluding hydrogens is 300 g/mol. The Balaban J connectivity index is 1.81. The summed E-state index contributed by atoms with van der Waals surface area (Å²) in [4.78, 5) is 0. The molecular formula is C25H17. The number of hydrogen-bond acceptors (Lipinski definition) is 0. The molecule has 0 nitrogen and oxygen atoms in total. The topological polar surface area (TPSA) is 0 Å². The van der Waals surface area contributed by atoms with Crippen LogP contribution in [0.3, 0.4) is 0 Å². The molecule has 0 unspecified atom stereocenters. The van der Waals surface area contributed by atoms with E-state index in [0.717, 1.165) is 6.42 Å². The van der Waals surface area contributed by atoms with E-state index in [-0.39, 0.29) is 0 Å². The number of benzene rings is 4. The third kappa shape index (κ3) is 2.30. The van der Waals surface area contributed by atoms with Gasteiger partial charge in [0.05, 0.1) is 0 Å². The molecule has 0 amide bonds. The third-order valence-electron chi connectivity index (χ3n) is 5.02. The maximum Gasteiger partial charge on any atom is -0.000683 e. The molecule has 4 aromatic rings. The van der Waals surface area contributed by atoms with Crippen molar-refractivity contribution in [1.82, 2.24) is 0 Å². The van der Waals surface area contributed by atoms with Gasteiger partial charge in [0, 0.05) is 0 Å². The summed E-state index contributed by atoms with van der Waals surface area (Å²) in [5.41, 5.74) is 10.6. The van der Waals surface area contributed by atoms with Crippen molar-refractivity contribution in [3.8, 4) is 33.4 Å². The zero-order valence-corrected chi connectivity index (χ0v) is 13.9. The van der Waals surface area contributed by atoms with Crippen LogP contribution in [0.5, 0.6) is 0 Å². The van der Waals surface area contributed by atoms with E-state index in [1.54, 1.807) is 0 Å². The van der Waals surface area contributed by atoms with Gasteiger partial charge in [-0.05, 0) is 57.0 Å². The van der Waals surface area contributed by atoms with Gasteiger partial charge in [-0.15, -0.1) is 0 Å². The van der Waals surface area contributed by atoms with Crippen LogP contribution < -0.4 is 0 Å². The Morgan fingerprint density at radius 3 is 1.88 bits per heavy atom. The molecule has 0 saturated carbocycles. The average molecular weight is 317 g/mol. The summed E-state index contributed by atoms with van der Waals surface area (Å²) >= 11 is 0. The molecule has 4 aromatic carbocycles. The number of rotatable bonds is 2. The standard InChI is InChI=1S/C25H17/c1-3-9-18(10-4-1)22-15-7-13-20-17-21-14-8-16-23(25(21)24(20)22)19-11-5-2-6-12-19/h1-13,15-16H,17H2. The van der Waals surface area contributed by atoms with Gasteiger partial charge in [-0.3, -0.25) is 0 Å². The molecule has 1 aliphatic rings. The fourth-order valence-corrected chi connectivity index (χ4v) is 3.92. The molecule has 0 heteroatoms. The Hall–Kier alpha value is -3.12. The molecule has 1 aliphatic carbocycles. The summed E-state index contributed by atoms with van der Waals surface area (Å²) in [6.07, 6.45) is 0.964. The molecule has 117 valence electrons. The van der Waals surface area contributed by atoms with Crippen molar-refractivity contribution in [1.29, 1.82) is 0 Å². The van der Waals surface area contributed by atoms with E-state index in [4.69, 9.17) is 0 Å². The predicted molar refractivity (Wildman–Crippen MR) is 104 cm³/mol. The van der Waals surface area contributed by atoms with Crippen molar-refractivity contribution in [2.45, 2.75) is 6.42 Å². The van der Waals surface area contributed by atoms with Crippen LogP contribution in [0.25, 0.3) is 33.4 Å². The van der Waals surface area contributed by atoms with Gasteiger partial charge < -0.3 is 0 Å². The second kappa shape index (κ2) is 5.75. The zero-order valence-electron chi connectivity index (χ0n) is 13.9. The van der Waals surface area contributed by atoms with Crippen molar-refractivity contribution in [3.05, 3.63) is 108 Å². The first kappa shape index (κ1) is 14.2. The van der Waals surface area contributed by atoms with Crippen LogP contribution in [-0.4, -0.2) is 0 Å². The van der Waals surface area contributed by atoms with Crippen molar-refractivity contribution in [2.24, 2.45) is 0 Å². The molecule has 0 heterocycles. The maximum atomic E-state index is 3.48. The molecule has 0 fully saturated rings. The first-order chi connectivity index (χ1) is 12.4. The van der Waals surface area contributed by atoms with Gasteiger partial charge >= 0.3 is 0 Å². The highest BCUT2D eigenvalue weighted by Gasteiger charge is 2.24. The fraction of sp³-hybridized carbons (Fsp3) is 0.0400. The summed E-state index contributed by atoms with van der Waals surface area (Å²) in [5.74, 6) is 0. The first-order valence-electron chi connectivity index (χ1n) is 8.68. The van der Waals surface area contributed by atoms with Crippen molar-refractivity contribution < 1.29 is 0 Å². The highest BCUT2D eigenvalue weighted by molar-refractivity contribution is 5.97. The van der Waals surface area contributed by atoms with Crippen LogP contribution >= 0.6 is 0 Å². The van der Waals surface area contributed by atoms with Crippen LogP contribution in [0, 0.1) is 6.07 Å². The van der Waals surface area contributed by atoms with Gasteiger partial charge in [0.25, 0.3) is 0 Å². The summed E-state index contributed by atoms with van der Waals surface area (Å²) in [6, 6.07) is 35.8. The lowest BCUT2D eigenvalue weighted by molar-refractivity contribution is 1.26. The Labute approximate surface area is 148 Å². The summed E-state index contributed by atoms with van der Waals surface area (Å²) in [7, 11) is 0. The second-order valence-electron chi connectivity index (χ2n) is 6.49. The monoisotopic (exact) mass is 317 g/mol. The minimum absolute atomic E-state index is 0.964. The molecule has 0 aliphatic heterocycles. The van der Waals surface area contributed by atoms with E-state index in [0.29, 0.717) is 0 Å². The Morgan fingerprint density at radius 2 is 1.20 bits per heavy atom. The highest BCUT2D eigenvalue weighted by Crippen LogP contribution is 2.47. The van der Waals surface area contributed by atoms with Gasteiger partial charge in [-0.25, -0.2) is 0 Å². The quantitative estimate of drug-likeness (QED) is 0.354. The first-order valence-corrected chi connectivity index (χ1v) is 8.68. The fourth-order valence-electron chi connectivity index (χ4n) is 3.92. The van der Waals surface area contributed by atoms with Crippen LogP contribution in [0.1, 0.15) is 11.1 Å². The van der Waals surface area contributed by atoms with Crippen LogP contribution in [0.2, 0.25) is 0 Å². The lowest BCUT2D eigenvalue weighted by Crippen LogP contribution is -1.89. The third-order valence-corrected chi connectivity index (χ3v) is 5.02. The largest absolute Gasteiger partial charge is 0.0622 e.